The molecule has 0 spiro atoms. The third-order valence-corrected chi connectivity index (χ3v) is 4.93. The average molecular weight is 323 g/mol. The Bertz CT molecular complexity index is 641. The Hall–Kier alpha value is -1.92. The van der Waals surface area contributed by atoms with Crippen LogP contribution in [-0.4, -0.2) is 50.4 Å². The molecule has 2 aliphatic rings. The first kappa shape index (κ1) is 16.0. The Morgan fingerprint density at radius 1 is 1.52 bits per heavy atom. The monoisotopic (exact) mass is 323 g/mol. The molecule has 1 N–H and O–H groups in total. The van der Waals surface area contributed by atoms with Crippen LogP contribution in [-0.2, 0) is 4.79 Å². The molecule has 2 unspecified atom stereocenters. The van der Waals surface area contributed by atoms with Gasteiger partial charge in [0.15, 0.2) is 0 Å². The zero-order chi connectivity index (χ0) is 16.8. The second-order valence-corrected chi connectivity index (χ2v) is 6.67. The molecule has 0 aromatic carbocycles. The summed E-state index contributed by atoms with van der Waals surface area (Å²) in [6.45, 7) is 3.86. The van der Waals surface area contributed by atoms with Gasteiger partial charge in [0.2, 0.25) is 5.67 Å². The van der Waals surface area contributed by atoms with Crippen LogP contribution in [0.4, 0.5) is 4.39 Å². The summed E-state index contributed by atoms with van der Waals surface area (Å²) >= 11 is 0. The maximum Gasteiger partial charge on any atom is 0.343 e. The fourth-order valence-corrected chi connectivity index (χ4v) is 3.12. The Kier molecular flexibility index (Phi) is 3.90. The molecule has 23 heavy (non-hydrogen) atoms. The molecule has 1 saturated heterocycles. The molecule has 2 heterocycles. The van der Waals surface area contributed by atoms with Gasteiger partial charge in [0.05, 0.1) is 24.0 Å². The first-order chi connectivity index (χ1) is 10.9. The number of likely N-dealkylation sites (tertiary alicyclic amines) is 1. The largest absolute Gasteiger partial charge is 0.479 e. The van der Waals surface area contributed by atoms with Crippen molar-refractivity contribution < 1.29 is 19.1 Å². The van der Waals surface area contributed by atoms with Crippen molar-refractivity contribution in [3.05, 3.63) is 17.5 Å². The zero-order valence-electron chi connectivity index (χ0n) is 13.5. The van der Waals surface area contributed by atoms with Gasteiger partial charge in [0.25, 0.3) is 5.91 Å². The number of hydrogen-bond donors (Lipinski definition) is 1. The highest BCUT2D eigenvalue weighted by atomic mass is 19.1. The standard InChI is InChI=1S/C16H22FN3O3/c1-3-10(2)20-13(11-4-5-11)12(8-18-20)14(21)19-7-6-16(17,9-19)15(22)23/h8,10-11H,3-7,9H2,1-2H3,(H,22,23). The first-order valence-corrected chi connectivity index (χ1v) is 8.16. The van der Waals surface area contributed by atoms with Crippen LogP contribution < -0.4 is 0 Å². The van der Waals surface area contributed by atoms with E-state index in [0.29, 0.717) is 11.5 Å². The Morgan fingerprint density at radius 2 is 2.22 bits per heavy atom. The molecule has 1 aliphatic carbocycles. The minimum Gasteiger partial charge on any atom is -0.479 e. The first-order valence-electron chi connectivity index (χ1n) is 8.16. The van der Waals surface area contributed by atoms with Crippen molar-refractivity contribution in [2.45, 2.75) is 57.2 Å². The second kappa shape index (κ2) is 5.62. The molecule has 1 saturated carbocycles. The van der Waals surface area contributed by atoms with E-state index < -0.39 is 11.6 Å². The third kappa shape index (κ3) is 2.72. The van der Waals surface area contributed by atoms with Crippen molar-refractivity contribution >= 4 is 11.9 Å². The van der Waals surface area contributed by atoms with Gasteiger partial charge < -0.3 is 10.0 Å². The maximum atomic E-state index is 14.2. The highest BCUT2D eigenvalue weighted by Gasteiger charge is 2.47. The summed E-state index contributed by atoms with van der Waals surface area (Å²) in [5.41, 5.74) is -0.902. The van der Waals surface area contributed by atoms with Crippen LogP contribution >= 0.6 is 0 Å². The number of aromatic nitrogens is 2. The normalized spacial score (nSPS) is 25.6. The van der Waals surface area contributed by atoms with Crippen LogP contribution in [0.15, 0.2) is 6.20 Å². The van der Waals surface area contributed by atoms with Crippen molar-refractivity contribution in [3.63, 3.8) is 0 Å². The molecule has 2 fully saturated rings. The molecule has 1 aliphatic heterocycles. The molecule has 1 aromatic heterocycles. The lowest BCUT2D eigenvalue weighted by atomic mass is 10.1. The van der Waals surface area contributed by atoms with Crippen molar-refractivity contribution in [3.8, 4) is 0 Å². The van der Waals surface area contributed by atoms with Gasteiger partial charge in [-0.05, 0) is 26.2 Å². The number of halogens is 1. The summed E-state index contributed by atoms with van der Waals surface area (Å²) in [6.07, 6.45) is 4.37. The third-order valence-electron chi connectivity index (χ3n) is 4.93. The number of rotatable bonds is 5. The molecular formula is C16H22FN3O3. The van der Waals surface area contributed by atoms with Gasteiger partial charge in [-0.25, -0.2) is 9.18 Å². The van der Waals surface area contributed by atoms with Crippen molar-refractivity contribution in [1.82, 2.24) is 14.7 Å². The zero-order valence-corrected chi connectivity index (χ0v) is 13.5. The van der Waals surface area contributed by atoms with E-state index in [2.05, 4.69) is 18.9 Å². The fourth-order valence-electron chi connectivity index (χ4n) is 3.12. The highest BCUT2D eigenvalue weighted by molar-refractivity contribution is 5.96. The number of carbonyl (C=O) groups excluding carboxylic acids is 1. The number of carboxylic acid groups (broad SMARTS) is 1. The predicted octanol–water partition coefficient (Wildman–Crippen LogP) is 2.37. The SMILES string of the molecule is CCC(C)n1ncc(C(=O)N2CCC(F)(C(=O)O)C2)c1C1CC1. The summed E-state index contributed by atoms with van der Waals surface area (Å²) in [5.74, 6) is -1.46. The Morgan fingerprint density at radius 3 is 2.74 bits per heavy atom. The van der Waals surface area contributed by atoms with Gasteiger partial charge in [-0.2, -0.15) is 5.10 Å². The van der Waals surface area contributed by atoms with Crippen LogP contribution in [0.3, 0.4) is 0 Å². The van der Waals surface area contributed by atoms with Crippen LogP contribution in [0.5, 0.6) is 0 Å². The van der Waals surface area contributed by atoms with Crippen molar-refractivity contribution in [2.75, 3.05) is 13.1 Å². The molecule has 0 radical (unpaired) electrons. The van der Waals surface area contributed by atoms with Crippen LogP contribution in [0, 0.1) is 0 Å². The molecule has 126 valence electrons. The van der Waals surface area contributed by atoms with Gasteiger partial charge in [0.1, 0.15) is 0 Å². The summed E-state index contributed by atoms with van der Waals surface area (Å²) < 4.78 is 16.1. The number of alkyl halides is 1. The van der Waals surface area contributed by atoms with Gasteiger partial charge in [-0.1, -0.05) is 6.92 Å². The predicted molar refractivity (Wildman–Crippen MR) is 81.2 cm³/mol. The molecule has 1 amide bonds. The van der Waals surface area contributed by atoms with E-state index in [1.165, 1.54) is 4.90 Å². The number of amides is 1. The molecule has 7 heteroatoms. The van der Waals surface area contributed by atoms with Crippen LogP contribution in [0.1, 0.15) is 67.5 Å². The Labute approximate surface area is 134 Å². The quantitative estimate of drug-likeness (QED) is 0.902. The van der Waals surface area contributed by atoms with E-state index in [9.17, 15) is 14.0 Å². The van der Waals surface area contributed by atoms with Gasteiger partial charge in [-0.3, -0.25) is 9.48 Å². The topological polar surface area (TPSA) is 75.4 Å². The van der Waals surface area contributed by atoms with Gasteiger partial charge in [-0.15, -0.1) is 0 Å². The number of carbonyl (C=O) groups is 2. The summed E-state index contributed by atoms with van der Waals surface area (Å²) in [6, 6.07) is 0.199. The fraction of sp³-hybridized carbons (Fsp3) is 0.688. The second-order valence-electron chi connectivity index (χ2n) is 6.67. The minimum absolute atomic E-state index is 0.125. The lowest BCUT2D eigenvalue weighted by Crippen LogP contribution is -2.39. The van der Waals surface area contributed by atoms with Crippen molar-refractivity contribution in [1.29, 1.82) is 0 Å². The molecule has 6 nitrogen and oxygen atoms in total. The molecule has 2 atom stereocenters. The smallest absolute Gasteiger partial charge is 0.343 e. The van der Waals surface area contributed by atoms with E-state index in [1.54, 1.807) is 6.20 Å². The summed E-state index contributed by atoms with van der Waals surface area (Å²) in [4.78, 5) is 25.1. The number of aliphatic carboxylic acids is 1. The van der Waals surface area contributed by atoms with E-state index in [0.717, 1.165) is 25.0 Å². The van der Waals surface area contributed by atoms with E-state index in [4.69, 9.17) is 5.11 Å². The molecule has 3 rings (SSSR count). The maximum absolute atomic E-state index is 14.2. The lowest BCUT2D eigenvalue weighted by Gasteiger charge is -2.19. The van der Waals surface area contributed by atoms with Crippen LogP contribution in [0.2, 0.25) is 0 Å². The summed E-state index contributed by atoms with van der Waals surface area (Å²) in [7, 11) is 0. The Balaban J connectivity index is 1.86. The minimum atomic E-state index is -2.33. The van der Waals surface area contributed by atoms with Crippen LogP contribution in [0.25, 0.3) is 0 Å². The number of nitrogens with zero attached hydrogens (tertiary/aromatic N) is 3. The molecule has 1 aromatic rings. The highest BCUT2D eigenvalue weighted by Crippen LogP contribution is 2.43. The number of carboxylic acids is 1. The van der Waals surface area contributed by atoms with E-state index in [1.807, 2.05) is 4.68 Å². The van der Waals surface area contributed by atoms with Crippen molar-refractivity contribution in [2.24, 2.45) is 0 Å². The van der Waals surface area contributed by atoms with Gasteiger partial charge >= 0.3 is 5.97 Å². The van der Waals surface area contributed by atoms with E-state index >= 15 is 0 Å². The number of hydrogen-bond acceptors (Lipinski definition) is 3. The van der Waals surface area contributed by atoms with Gasteiger partial charge in [0, 0.05) is 24.9 Å². The van der Waals surface area contributed by atoms with E-state index in [-0.39, 0.29) is 31.5 Å². The molecule has 0 bridgehead atoms. The molecular weight excluding hydrogens is 301 g/mol. The average Bonchev–Trinajstić information content (AvgIpc) is 3.13. The summed E-state index contributed by atoms with van der Waals surface area (Å²) in [5, 5.41) is 13.3. The lowest BCUT2D eigenvalue weighted by molar-refractivity contribution is -0.149.